The van der Waals surface area contributed by atoms with Gasteiger partial charge in [-0.25, -0.2) is 0 Å². The minimum absolute atomic E-state index is 0.128. The fourth-order valence-corrected chi connectivity index (χ4v) is 6.61. The van der Waals surface area contributed by atoms with Gasteiger partial charge in [0.05, 0.1) is 0 Å². The van der Waals surface area contributed by atoms with Crippen molar-refractivity contribution < 1.29 is 10.2 Å². The third kappa shape index (κ3) is 1.54. The average Bonchev–Trinajstić information content (AvgIpc) is 2.37. The van der Waals surface area contributed by atoms with Crippen LogP contribution in [0.3, 0.4) is 0 Å². The van der Waals surface area contributed by atoms with E-state index in [2.05, 4.69) is 13.8 Å². The number of hydrogen-bond donors (Lipinski definition) is 2. The van der Waals surface area contributed by atoms with Crippen LogP contribution in [0.15, 0.2) is 0 Å². The Balaban J connectivity index is 2.06. The van der Waals surface area contributed by atoms with E-state index in [1.807, 2.05) is 0 Å². The summed E-state index contributed by atoms with van der Waals surface area (Å²) in [4.78, 5) is 0. The van der Waals surface area contributed by atoms with Crippen molar-refractivity contribution in [3.63, 3.8) is 0 Å². The van der Waals surface area contributed by atoms with Crippen molar-refractivity contribution in [2.45, 2.75) is 65.2 Å². The van der Waals surface area contributed by atoms with E-state index in [0.717, 1.165) is 6.42 Å². The fraction of sp³-hybridized carbons (Fsp3) is 1.00. The minimum Gasteiger partial charge on any atom is -0.396 e. The molecule has 0 unspecified atom stereocenters. The minimum atomic E-state index is 0.128. The van der Waals surface area contributed by atoms with Gasteiger partial charge in [-0.3, -0.25) is 0 Å². The van der Waals surface area contributed by atoms with E-state index < -0.39 is 0 Å². The van der Waals surface area contributed by atoms with E-state index in [0.29, 0.717) is 24.0 Å². The van der Waals surface area contributed by atoms with Gasteiger partial charge >= 0.3 is 0 Å². The first-order valence-corrected chi connectivity index (χ1v) is 7.70. The molecule has 0 heterocycles. The van der Waals surface area contributed by atoms with Crippen LogP contribution in [-0.4, -0.2) is 23.4 Å². The van der Waals surface area contributed by atoms with Crippen molar-refractivity contribution in [3.05, 3.63) is 0 Å². The second-order valence-electron chi connectivity index (χ2n) is 8.08. The molecule has 0 aromatic rings. The third-order valence-corrected chi connectivity index (χ3v) is 6.67. The molecule has 0 aliphatic heterocycles. The molecule has 4 rings (SSSR count). The second kappa shape index (κ2) is 3.73. The highest BCUT2D eigenvalue weighted by Crippen LogP contribution is 2.75. The van der Waals surface area contributed by atoms with E-state index in [-0.39, 0.29) is 10.8 Å². The Morgan fingerprint density at radius 1 is 0.611 bits per heavy atom. The molecule has 2 nitrogen and oxygen atoms in total. The van der Waals surface area contributed by atoms with Crippen molar-refractivity contribution >= 4 is 0 Å². The highest BCUT2D eigenvalue weighted by Gasteiger charge is 2.66. The Morgan fingerprint density at radius 2 is 0.889 bits per heavy atom. The van der Waals surface area contributed by atoms with Gasteiger partial charge in [0.15, 0.2) is 0 Å². The van der Waals surface area contributed by atoms with E-state index >= 15 is 0 Å². The van der Waals surface area contributed by atoms with Gasteiger partial charge in [-0.05, 0) is 60.2 Å². The van der Waals surface area contributed by atoms with E-state index in [1.54, 1.807) is 0 Å². The van der Waals surface area contributed by atoms with Crippen molar-refractivity contribution in [3.8, 4) is 0 Å². The lowest BCUT2D eigenvalue weighted by Crippen LogP contribution is -2.62. The Labute approximate surface area is 111 Å². The standard InChI is InChI=1S/C16H28O2/c1-3-13-5-14(4-2)8-15(6-13,11-17)10-16(7-13,9-14)12-18/h17-18H,3-12H2,1-2H3. The number of rotatable bonds is 4. The summed E-state index contributed by atoms with van der Waals surface area (Å²) >= 11 is 0. The molecule has 4 saturated carbocycles. The zero-order chi connectivity index (χ0) is 13.1. The van der Waals surface area contributed by atoms with Gasteiger partial charge < -0.3 is 10.2 Å². The number of aliphatic hydroxyl groups is 2. The summed E-state index contributed by atoms with van der Waals surface area (Å²) in [5.74, 6) is 0. The molecule has 18 heavy (non-hydrogen) atoms. The summed E-state index contributed by atoms with van der Waals surface area (Å²) < 4.78 is 0. The lowest BCUT2D eigenvalue weighted by Gasteiger charge is -2.70. The zero-order valence-electron chi connectivity index (χ0n) is 12.0. The zero-order valence-corrected chi connectivity index (χ0v) is 12.0. The van der Waals surface area contributed by atoms with Crippen LogP contribution >= 0.6 is 0 Å². The molecule has 4 bridgehead atoms. The topological polar surface area (TPSA) is 40.5 Å². The summed E-state index contributed by atoms with van der Waals surface area (Å²) in [7, 11) is 0. The van der Waals surface area contributed by atoms with Crippen LogP contribution in [0.1, 0.15) is 65.2 Å². The van der Waals surface area contributed by atoms with Crippen LogP contribution in [0.2, 0.25) is 0 Å². The molecular formula is C16H28O2. The summed E-state index contributed by atoms with van der Waals surface area (Å²) in [6, 6.07) is 0. The second-order valence-corrected chi connectivity index (χ2v) is 8.08. The van der Waals surface area contributed by atoms with Crippen LogP contribution in [0, 0.1) is 21.7 Å². The Kier molecular flexibility index (Phi) is 2.68. The van der Waals surface area contributed by atoms with Crippen molar-refractivity contribution in [1.82, 2.24) is 0 Å². The molecule has 0 aromatic heterocycles. The Bertz CT molecular complexity index is 245. The number of aliphatic hydroxyl groups excluding tert-OH is 2. The lowest BCUT2D eigenvalue weighted by atomic mass is 9.35. The molecule has 0 radical (unpaired) electrons. The molecule has 104 valence electrons. The van der Waals surface area contributed by atoms with Crippen LogP contribution < -0.4 is 0 Å². The first-order chi connectivity index (χ1) is 8.49. The Hall–Kier alpha value is -0.0800. The third-order valence-electron chi connectivity index (χ3n) is 6.67. The summed E-state index contributed by atoms with van der Waals surface area (Å²) in [5.41, 5.74) is 1.08. The first kappa shape index (κ1) is 12.9. The molecule has 0 saturated heterocycles. The van der Waals surface area contributed by atoms with Crippen LogP contribution in [-0.2, 0) is 0 Å². The van der Waals surface area contributed by atoms with Crippen molar-refractivity contribution in [2.24, 2.45) is 21.7 Å². The predicted octanol–water partition coefficient (Wildman–Crippen LogP) is 3.12. The van der Waals surface area contributed by atoms with Gasteiger partial charge in [-0.15, -0.1) is 0 Å². The predicted molar refractivity (Wildman–Crippen MR) is 72.2 cm³/mol. The van der Waals surface area contributed by atoms with Crippen molar-refractivity contribution in [2.75, 3.05) is 13.2 Å². The van der Waals surface area contributed by atoms with Gasteiger partial charge in [0.25, 0.3) is 0 Å². The molecule has 0 amide bonds. The maximum atomic E-state index is 9.98. The fourth-order valence-electron chi connectivity index (χ4n) is 6.61. The van der Waals surface area contributed by atoms with Gasteiger partial charge in [-0.2, -0.15) is 0 Å². The molecule has 4 aliphatic carbocycles. The molecule has 0 aromatic carbocycles. The quantitative estimate of drug-likeness (QED) is 0.807. The largest absolute Gasteiger partial charge is 0.396 e. The first-order valence-electron chi connectivity index (χ1n) is 7.70. The van der Waals surface area contributed by atoms with Crippen molar-refractivity contribution in [1.29, 1.82) is 0 Å². The van der Waals surface area contributed by atoms with Crippen LogP contribution in [0.25, 0.3) is 0 Å². The number of hydrogen-bond acceptors (Lipinski definition) is 2. The maximum absolute atomic E-state index is 9.98. The monoisotopic (exact) mass is 252 g/mol. The van der Waals surface area contributed by atoms with E-state index in [9.17, 15) is 10.2 Å². The SMILES string of the molecule is CCC12CC3(CC)CC(CO)(C1)CC(CO)(C2)C3. The summed E-state index contributed by atoms with van der Waals surface area (Å²) in [6.07, 6.45) is 9.67. The normalized spacial score (nSPS) is 54.0. The van der Waals surface area contributed by atoms with E-state index in [1.165, 1.54) is 44.9 Å². The molecule has 4 aliphatic rings. The van der Waals surface area contributed by atoms with Crippen LogP contribution in [0.4, 0.5) is 0 Å². The van der Waals surface area contributed by atoms with Gasteiger partial charge in [0.1, 0.15) is 0 Å². The smallest absolute Gasteiger partial charge is 0.0488 e. The average molecular weight is 252 g/mol. The molecule has 2 N–H and O–H groups in total. The van der Waals surface area contributed by atoms with Gasteiger partial charge in [0, 0.05) is 13.2 Å². The maximum Gasteiger partial charge on any atom is 0.0488 e. The van der Waals surface area contributed by atoms with Gasteiger partial charge in [-0.1, -0.05) is 26.7 Å². The van der Waals surface area contributed by atoms with Crippen LogP contribution in [0.5, 0.6) is 0 Å². The Morgan fingerprint density at radius 3 is 1.17 bits per heavy atom. The molecular weight excluding hydrogens is 224 g/mol. The highest BCUT2D eigenvalue weighted by molar-refractivity contribution is 5.16. The van der Waals surface area contributed by atoms with Gasteiger partial charge in [0.2, 0.25) is 0 Å². The molecule has 2 heteroatoms. The molecule has 4 fully saturated rings. The molecule has 0 spiro atoms. The lowest BCUT2D eigenvalue weighted by molar-refractivity contribution is -0.224. The van der Waals surface area contributed by atoms with E-state index in [4.69, 9.17) is 0 Å². The summed E-state index contributed by atoms with van der Waals surface area (Å²) in [5, 5.41) is 20.0. The molecule has 0 atom stereocenters. The highest BCUT2D eigenvalue weighted by atomic mass is 16.3. The summed E-state index contributed by atoms with van der Waals surface area (Å²) in [6.45, 7) is 5.29.